The Labute approximate surface area is 194 Å². The first-order valence-corrected chi connectivity index (χ1v) is 13.0. The molecule has 0 bridgehead atoms. The number of carbonyl (C=O) groups is 1. The summed E-state index contributed by atoms with van der Waals surface area (Å²) in [4.78, 5) is 13.2. The predicted octanol–water partition coefficient (Wildman–Crippen LogP) is 4.40. The van der Waals surface area contributed by atoms with Gasteiger partial charge in [0, 0.05) is 11.1 Å². The third-order valence-electron chi connectivity index (χ3n) is 6.52. The number of fused-ring (bicyclic) bond motifs is 1. The molecule has 5 rings (SSSR count). The van der Waals surface area contributed by atoms with Crippen molar-refractivity contribution >= 4 is 38.1 Å². The highest BCUT2D eigenvalue weighted by atomic mass is 32.2. The molecule has 1 N–H and O–H groups in total. The zero-order chi connectivity index (χ0) is 23.5. The summed E-state index contributed by atoms with van der Waals surface area (Å²) in [6.07, 6.45) is 2.21. The Morgan fingerprint density at radius 2 is 1.79 bits per heavy atom. The third-order valence-corrected chi connectivity index (χ3v) is 7.67. The standard InChI is InChI=1S/C26H28N2O4S/c1-26(2,3)18-11-13-22-21(14-18)28(33(4,30)31)15-23(32-22)25(29)27-20-12-10-17-9-8-16-6-5-7-19(20)24(16)17/h5-7,10-14,23H,8-9,15H2,1-4H3,(H,27,29)/t23-/m0/s1. The molecule has 7 heteroatoms. The van der Waals surface area contributed by atoms with Gasteiger partial charge in [0.25, 0.3) is 5.91 Å². The van der Waals surface area contributed by atoms with Crippen LogP contribution in [0.4, 0.5) is 11.4 Å². The molecule has 0 saturated heterocycles. The van der Waals surface area contributed by atoms with Crippen LogP contribution in [0.1, 0.15) is 37.5 Å². The van der Waals surface area contributed by atoms with Gasteiger partial charge in [0.2, 0.25) is 10.0 Å². The number of carbonyl (C=O) groups excluding carboxylic acids is 1. The summed E-state index contributed by atoms with van der Waals surface area (Å²) in [5.74, 6) is 0.0214. The van der Waals surface area contributed by atoms with E-state index in [4.69, 9.17) is 4.74 Å². The minimum Gasteiger partial charge on any atom is -0.476 e. The van der Waals surface area contributed by atoms with Gasteiger partial charge in [-0.1, -0.05) is 51.1 Å². The maximum absolute atomic E-state index is 13.2. The van der Waals surface area contributed by atoms with Crippen molar-refractivity contribution in [2.45, 2.75) is 45.1 Å². The Balaban J connectivity index is 1.48. The number of rotatable bonds is 3. The van der Waals surface area contributed by atoms with Gasteiger partial charge < -0.3 is 10.1 Å². The fourth-order valence-corrected chi connectivity index (χ4v) is 5.64. The zero-order valence-electron chi connectivity index (χ0n) is 19.3. The van der Waals surface area contributed by atoms with Crippen LogP contribution in [0.15, 0.2) is 48.5 Å². The van der Waals surface area contributed by atoms with E-state index < -0.39 is 16.1 Å². The van der Waals surface area contributed by atoms with Crippen LogP contribution >= 0.6 is 0 Å². The van der Waals surface area contributed by atoms with Crippen LogP contribution in [-0.2, 0) is 33.1 Å². The summed E-state index contributed by atoms with van der Waals surface area (Å²) in [5.41, 5.74) is 4.61. The van der Waals surface area contributed by atoms with Gasteiger partial charge in [0.1, 0.15) is 5.75 Å². The summed E-state index contributed by atoms with van der Waals surface area (Å²) in [5, 5.41) is 5.20. The van der Waals surface area contributed by atoms with Crippen LogP contribution in [0.2, 0.25) is 0 Å². The van der Waals surface area contributed by atoms with Gasteiger partial charge in [0.15, 0.2) is 6.10 Å². The van der Waals surface area contributed by atoms with E-state index in [1.807, 2.05) is 30.3 Å². The van der Waals surface area contributed by atoms with Crippen LogP contribution in [0.3, 0.4) is 0 Å². The highest BCUT2D eigenvalue weighted by molar-refractivity contribution is 7.92. The highest BCUT2D eigenvalue weighted by Crippen LogP contribution is 2.39. The van der Waals surface area contributed by atoms with Crippen molar-refractivity contribution < 1.29 is 17.9 Å². The predicted molar refractivity (Wildman–Crippen MR) is 132 cm³/mol. The van der Waals surface area contributed by atoms with Crippen molar-refractivity contribution in [3.05, 3.63) is 65.2 Å². The molecule has 6 nitrogen and oxygen atoms in total. The molecular weight excluding hydrogens is 436 g/mol. The lowest BCUT2D eigenvalue weighted by molar-refractivity contribution is -0.122. The van der Waals surface area contributed by atoms with Crippen LogP contribution in [0.5, 0.6) is 5.75 Å². The number of ether oxygens (including phenoxy) is 1. The van der Waals surface area contributed by atoms with Crippen LogP contribution in [-0.4, -0.2) is 33.2 Å². The van der Waals surface area contributed by atoms with Crippen LogP contribution < -0.4 is 14.4 Å². The zero-order valence-corrected chi connectivity index (χ0v) is 20.1. The van der Waals surface area contributed by atoms with Gasteiger partial charge >= 0.3 is 0 Å². The van der Waals surface area contributed by atoms with E-state index >= 15 is 0 Å². The summed E-state index contributed by atoms with van der Waals surface area (Å²) < 4.78 is 32.6. The summed E-state index contributed by atoms with van der Waals surface area (Å²) in [6.45, 7) is 6.12. The van der Waals surface area contributed by atoms with Crippen LogP contribution in [0.25, 0.3) is 10.8 Å². The number of sulfonamides is 1. The molecular formula is C26H28N2O4S. The van der Waals surface area contributed by atoms with E-state index in [1.54, 1.807) is 6.07 Å². The number of nitrogens with zero attached hydrogens (tertiary/aromatic N) is 1. The van der Waals surface area contributed by atoms with Crippen molar-refractivity contribution in [1.82, 2.24) is 0 Å². The Hall–Kier alpha value is -3.06. The van der Waals surface area contributed by atoms with Crippen molar-refractivity contribution in [2.24, 2.45) is 0 Å². The fraction of sp³-hybridized carbons (Fsp3) is 0.346. The van der Waals surface area contributed by atoms with E-state index in [0.29, 0.717) is 17.1 Å². The average Bonchev–Trinajstić information content (AvgIpc) is 3.17. The molecule has 1 amide bonds. The number of nitrogens with one attached hydrogen (secondary N) is 1. The molecule has 3 aromatic rings. The lowest BCUT2D eigenvalue weighted by Crippen LogP contribution is -2.48. The summed E-state index contributed by atoms with van der Waals surface area (Å²) >= 11 is 0. The molecule has 172 valence electrons. The molecule has 1 aliphatic heterocycles. The minimum absolute atomic E-state index is 0.0769. The van der Waals surface area contributed by atoms with E-state index in [2.05, 4.69) is 38.2 Å². The number of hydrogen-bond donors (Lipinski definition) is 1. The Morgan fingerprint density at radius 1 is 1.06 bits per heavy atom. The molecule has 0 unspecified atom stereocenters. The van der Waals surface area contributed by atoms with Gasteiger partial charge in [-0.3, -0.25) is 9.10 Å². The number of aryl methyl sites for hydroxylation is 2. The molecule has 3 aromatic carbocycles. The van der Waals surface area contributed by atoms with Crippen molar-refractivity contribution in [3.8, 4) is 5.75 Å². The first kappa shape index (κ1) is 21.8. The smallest absolute Gasteiger partial charge is 0.267 e. The largest absolute Gasteiger partial charge is 0.476 e. The van der Waals surface area contributed by atoms with Crippen LogP contribution in [0, 0.1) is 0 Å². The molecule has 0 saturated carbocycles. The maximum Gasteiger partial charge on any atom is 0.267 e. The highest BCUT2D eigenvalue weighted by Gasteiger charge is 2.36. The summed E-state index contributed by atoms with van der Waals surface area (Å²) in [6, 6.07) is 15.6. The second kappa shape index (κ2) is 7.48. The Morgan fingerprint density at radius 3 is 2.48 bits per heavy atom. The van der Waals surface area contributed by atoms with Crippen molar-refractivity contribution in [2.75, 3.05) is 22.4 Å². The van der Waals surface area contributed by atoms with E-state index in [9.17, 15) is 13.2 Å². The molecule has 1 atom stereocenters. The van der Waals surface area contributed by atoms with E-state index in [-0.39, 0.29) is 17.9 Å². The molecule has 33 heavy (non-hydrogen) atoms. The Bertz CT molecular complexity index is 1380. The van der Waals surface area contributed by atoms with Gasteiger partial charge in [-0.2, -0.15) is 0 Å². The number of amides is 1. The molecule has 1 aliphatic carbocycles. The topological polar surface area (TPSA) is 75.7 Å². The molecule has 1 heterocycles. The SMILES string of the molecule is CC(C)(C)c1ccc2c(c1)N(S(C)(=O)=O)C[C@@H](C(=O)Nc1ccc3c4c(cccc14)CC3)O2. The molecule has 0 fully saturated rings. The fourth-order valence-electron chi connectivity index (χ4n) is 4.74. The maximum atomic E-state index is 13.2. The van der Waals surface area contributed by atoms with Crippen molar-refractivity contribution in [1.29, 1.82) is 0 Å². The molecule has 0 radical (unpaired) electrons. The van der Waals surface area contributed by atoms with Crippen molar-refractivity contribution in [3.63, 3.8) is 0 Å². The molecule has 2 aliphatic rings. The van der Waals surface area contributed by atoms with E-state index in [1.165, 1.54) is 20.8 Å². The minimum atomic E-state index is -3.61. The van der Waals surface area contributed by atoms with Gasteiger partial charge in [-0.25, -0.2) is 8.42 Å². The average molecular weight is 465 g/mol. The first-order chi connectivity index (χ1) is 15.5. The van der Waals surface area contributed by atoms with Gasteiger partial charge in [-0.05, 0) is 58.5 Å². The summed E-state index contributed by atoms with van der Waals surface area (Å²) in [7, 11) is -3.61. The van der Waals surface area contributed by atoms with Gasteiger partial charge in [0.05, 0.1) is 18.5 Å². The number of hydrogen-bond acceptors (Lipinski definition) is 4. The lowest BCUT2D eigenvalue weighted by Gasteiger charge is -2.35. The number of benzene rings is 3. The first-order valence-electron chi connectivity index (χ1n) is 11.2. The molecule has 0 spiro atoms. The van der Waals surface area contributed by atoms with Gasteiger partial charge in [-0.15, -0.1) is 0 Å². The normalized spacial score (nSPS) is 17.6. The van der Waals surface area contributed by atoms with E-state index in [0.717, 1.165) is 30.0 Å². The third kappa shape index (κ3) is 3.84. The number of anilines is 2. The lowest BCUT2D eigenvalue weighted by atomic mass is 9.86. The quantitative estimate of drug-likeness (QED) is 0.623. The monoisotopic (exact) mass is 464 g/mol. The Kier molecular flexibility index (Phi) is 4.94. The second-order valence-electron chi connectivity index (χ2n) is 9.93. The second-order valence-corrected chi connectivity index (χ2v) is 11.8. The molecule has 0 aromatic heterocycles.